The van der Waals surface area contributed by atoms with E-state index in [1.54, 1.807) is 6.20 Å². The SMILES string of the molecule is N#Cc1cnc(N2CCC(c3ccc(Cl)cc3)CC2)cn1. The predicted molar refractivity (Wildman–Crippen MR) is 82.4 cm³/mol. The van der Waals surface area contributed by atoms with Gasteiger partial charge in [0.05, 0.1) is 12.4 Å². The third-order valence-electron chi connectivity index (χ3n) is 3.91. The normalized spacial score (nSPS) is 15.7. The zero-order valence-electron chi connectivity index (χ0n) is 11.5. The second-order valence-electron chi connectivity index (χ2n) is 5.18. The summed E-state index contributed by atoms with van der Waals surface area (Å²) < 4.78 is 0. The van der Waals surface area contributed by atoms with Crippen molar-refractivity contribution in [1.29, 1.82) is 5.26 Å². The molecule has 1 aliphatic rings. The number of hydrogen-bond donors (Lipinski definition) is 0. The van der Waals surface area contributed by atoms with Gasteiger partial charge in [0.2, 0.25) is 0 Å². The average molecular weight is 299 g/mol. The minimum absolute atomic E-state index is 0.356. The molecular formula is C16H15ClN4. The maximum Gasteiger partial charge on any atom is 0.158 e. The Morgan fingerprint density at radius 1 is 1.10 bits per heavy atom. The van der Waals surface area contributed by atoms with E-state index in [1.807, 2.05) is 18.2 Å². The zero-order chi connectivity index (χ0) is 14.7. The summed E-state index contributed by atoms with van der Waals surface area (Å²) in [5.41, 5.74) is 1.71. The van der Waals surface area contributed by atoms with Crippen LogP contribution in [0.1, 0.15) is 30.0 Å². The fourth-order valence-electron chi connectivity index (χ4n) is 2.72. The summed E-state index contributed by atoms with van der Waals surface area (Å²) in [5.74, 6) is 1.42. The number of rotatable bonds is 2. The van der Waals surface area contributed by atoms with Crippen LogP contribution in [0.15, 0.2) is 36.7 Å². The van der Waals surface area contributed by atoms with E-state index in [1.165, 1.54) is 11.8 Å². The summed E-state index contributed by atoms with van der Waals surface area (Å²) >= 11 is 5.93. The van der Waals surface area contributed by atoms with Crippen LogP contribution in [0, 0.1) is 11.3 Å². The van der Waals surface area contributed by atoms with Crippen molar-refractivity contribution in [2.75, 3.05) is 18.0 Å². The molecule has 1 aromatic heterocycles. The van der Waals surface area contributed by atoms with Crippen molar-refractivity contribution in [3.8, 4) is 6.07 Å². The Kier molecular flexibility index (Phi) is 4.03. The van der Waals surface area contributed by atoms with Crippen LogP contribution >= 0.6 is 11.6 Å². The van der Waals surface area contributed by atoms with Crippen LogP contribution in [0.25, 0.3) is 0 Å². The summed E-state index contributed by atoms with van der Waals surface area (Å²) in [4.78, 5) is 10.6. The highest BCUT2D eigenvalue weighted by Crippen LogP contribution is 2.30. The van der Waals surface area contributed by atoms with Gasteiger partial charge in [0.1, 0.15) is 11.9 Å². The van der Waals surface area contributed by atoms with Crippen molar-refractivity contribution >= 4 is 17.4 Å². The highest BCUT2D eigenvalue weighted by atomic mass is 35.5. The standard InChI is InChI=1S/C16H15ClN4/c17-14-3-1-12(2-4-14)13-5-7-21(8-6-13)16-11-19-15(9-18)10-20-16/h1-4,10-11,13H,5-8H2. The fourth-order valence-corrected chi connectivity index (χ4v) is 2.85. The van der Waals surface area contributed by atoms with Gasteiger partial charge in [-0.2, -0.15) is 5.26 Å². The summed E-state index contributed by atoms with van der Waals surface area (Å²) in [6, 6.07) is 10.1. The van der Waals surface area contributed by atoms with Crippen molar-refractivity contribution in [3.05, 3.63) is 52.9 Å². The van der Waals surface area contributed by atoms with Gasteiger partial charge >= 0.3 is 0 Å². The summed E-state index contributed by atoms with van der Waals surface area (Å²) in [7, 11) is 0. The molecule has 1 aromatic carbocycles. The maximum absolute atomic E-state index is 8.74. The van der Waals surface area contributed by atoms with Gasteiger partial charge in [-0.15, -0.1) is 0 Å². The van der Waals surface area contributed by atoms with Crippen LogP contribution in [0.3, 0.4) is 0 Å². The molecule has 106 valence electrons. The molecule has 0 unspecified atom stereocenters. The van der Waals surface area contributed by atoms with Crippen molar-refractivity contribution in [2.45, 2.75) is 18.8 Å². The molecule has 4 nitrogen and oxygen atoms in total. The number of aromatic nitrogens is 2. The topological polar surface area (TPSA) is 52.8 Å². The second-order valence-corrected chi connectivity index (χ2v) is 5.62. The molecule has 0 radical (unpaired) electrons. The molecular weight excluding hydrogens is 284 g/mol. The smallest absolute Gasteiger partial charge is 0.158 e. The van der Waals surface area contributed by atoms with E-state index in [2.05, 4.69) is 27.0 Å². The van der Waals surface area contributed by atoms with Crippen molar-refractivity contribution in [1.82, 2.24) is 9.97 Å². The van der Waals surface area contributed by atoms with E-state index in [9.17, 15) is 0 Å². The molecule has 0 aliphatic carbocycles. The Morgan fingerprint density at radius 2 is 1.81 bits per heavy atom. The number of piperidine rings is 1. The molecule has 5 heteroatoms. The first-order valence-electron chi connectivity index (χ1n) is 6.99. The van der Waals surface area contributed by atoms with Crippen LogP contribution in [0.5, 0.6) is 0 Å². The van der Waals surface area contributed by atoms with E-state index >= 15 is 0 Å². The number of anilines is 1. The Balaban J connectivity index is 1.64. The Hall–Kier alpha value is -2.12. The van der Waals surface area contributed by atoms with Crippen LogP contribution in [0.2, 0.25) is 5.02 Å². The first kappa shape index (κ1) is 13.8. The molecule has 2 aromatic rings. The van der Waals surface area contributed by atoms with E-state index in [0.29, 0.717) is 11.6 Å². The van der Waals surface area contributed by atoms with Crippen LogP contribution < -0.4 is 4.90 Å². The Bertz CT molecular complexity index is 637. The van der Waals surface area contributed by atoms with Gasteiger partial charge in [0.15, 0.2) is 5.69 Å². The van der Waals surface area contributed by atoms with Crippen molar-refractivity contribution < 1.29 is 0 Å². The average Bonchev–Trinajstić information content (AvgIpc) is 2.56. The third kappa shape index (κ3) is 3.14. The van der Waals surface area contributed by atoms with Crippen molar-refractivity contribution in [3.63, 3.8) is 0 Å². The fraction of sp³-hybridized carbons (Fsp3) is 0.312. The summed E-state index contributed by atoms with van der Waals surface area (Å²) in [6.07, 6.45) is 5.38. The maximum atomic E-state index is 8.74. The van der Waals surface area contributed by atoms with E-state index < -0.39 is 0 Å². The molecule has 1 aliphatic heterocycles. The first-order valence-corrected chi connectivity index (χ1v) is 7.36. The quantitative estimate of drug-likeness (QED) is 0.853. The van der Waals surface area contributed by atoms with Crippen molar-refractivity contribution in [2.24, 2.45) is 0 Å². The Morgan fingerprint density at radius 3 is 2.38 bits per heavy atom. The number of nitriles is 1. The molecule has 0 amide bonds. The molecule has 0 N–H and O–H groups in total. The lowest BCUT2D eigenvalue weighted by Crippen LogP contribution is -2.33. The second kappa shape index (κ2) is 6.11. The van der Waals surface area contributed by atoms with Gasteiger partial charge in [-0.05, 0) is 36.5 Å². The highest BCUT2D eigenvalue weighted by Gasteiger charge is 2.21. The number of nitrogens with zero attached hydrogens (tertiary/aromatic N) is 4. The number of benzene rings is 1. The van der Waals surface area contributed by atoms with Gasteiger partial charge in [-0.1, -0.05) is 23.7 Å². The Labute approximate surface area is 129 Å². The van der Waals surface area contributed by atoms with Gasteiger partial charge < -0.3 is 4.90 Å². The monoisotopic (exact) mass is 298 g/mol. The molecule has 21 heavy (non-hydrogen) atoms. The van der Waals surface area contributed by atoms with E-state index in [0.717, 1.165) is 36.8 Å². The van der Waals surface area contributed by atoms with E-state index in [-0.39, 0.29) is 0 Å². The van der Waals surface area contributed by atoms with Gasteiger partial charge in [-0.3, -0.25) is 0 Å². The lowest BCUT2D eigenvalue weighted by Gasteiger charge is -2.32. The number of hydrogen-bond acceptors (Lipinski definition) is 4. The molecule has 0 saturated carbocycles. The van der Waals surface area contributed by atoms with Gasteiger partial charge in [-0.25, -0.2) is 9.97 Å². The lowest BCUT2D eigenvalue weighted by atomic mass is 9.89. The summed E-state index contributed by atoms with van der Waals surface area (Å²) in [5, 5.41) is 9.53. The predicted octanol–water partition coefficient (Wildman–Crippen LogP) is 3.39. The zero-order valence-corrected chi connectivity index (χ0v) is 12.3. The molecule has 1 fully saturated rings. The van der Waals surface area contributed by atoms with Crippen LogP contribution in [-0.4, -0.2) is 23.1 Å². The molecule has 0 bridgehead atoms. The lowest BCUT2D eigenvalue weighted by molar-refractivity contribution is 0.502. The largest absolute Gasteiger partial charge is 0.355 e. The molecule has 0 spiro atoms. The van der Waals surface area contributed by atoms with Crippen LogP contribution in [0.4, 0.5) is 5.82 Å². The molecule has 0 atom stereocenters. The molecule has 1 saturated heterocycles. The van der Waals surface area contributed by atoms with E-state index in [4.69, 9.17) is 16.9 Å². The minimum Gasteiger partial charge on any atom is -0.355 e. The minimum atomic E-state index is 0.356. The third-order valence-corrected chi connectivity index (χ3v) is 4.17. The highest BCUT2D eigenvalue weighted by molar-refractivity contribution is 6.30. The summed E-state index contributed by atoms with van der Waals surface area (Å²) in [6.45, 7) is 1.90. The van der Waals surface area contributed by atoms with Gasteiger partial charge in [0.25, 0.3) is 0 Å². The molecule has 2 heterocycles. The van der Waals surface area contributed by atoms with Gasteiger partial charge in [0, 0.05) is 18.1 Å². The van der Waals surface area contributed by atoms with Crippen LogP contribution in [-0.2, 0) is 0 Å². The first-order chi connectivity index (χ1) is 10.3. The number of halogens is 1. The molecule has 3 rings (SSSR count).